The number of halogens is 2. The molecule has 1 atom stereocenters. The van der Waals surface area contributed by atoms with E-state index >= 15 is 0 Å². The van der Waals surface area contributed by atoms with Gasteiger partial charge in [0.15, 0.2) is 0 Å². The van der Waals surface area contributed by atoms with Crippen molar-refractivity contribution >= 4 is 33.4 Å². The monoisotopic (exact) mass is 461 g/mol. The van der Waals surface area contributed by atoms with Gasteiger partial charge in [-0.1, -0.05) is 39.7 Å². The zero-order valence-corrected chi connectivity index (χ0v) is 17.3. The first-order valence-corrected chi connectivity index (χ1v) is 9.84. The Kier molecular flexibility index (Phi) is 4.91. The van der Waals surface area contributed by atoms with Crippen molar-refractivity contribution in [2.24, 2.45) is 0 Å². The first-order valence-electron chi connectivity index (χ1n) is 8.67. The van der Waals surface area contributed by atoms with Crippen LogP contribution in [0.4, 0.5) is 0 Å². The molecule has 1 aliphatic rings. The Hall–Kier alpha value is -2.35. The quantitative estimate of drug-likeness (QED) is 0.546. The lowest BCUT2D eigenvalue weighted by atomic mass is 9.95. The summed E-state index contributed by atoms with van der Waals surface area (Å²) >= 11 is 9.74. The van der Waals surface area contributed by atoms with E-state index in [1.165, 1.54) is 0 Å². The van der Waals surface area contributed by atoms with Crippen LogP contribution in [-0.2, 0) is 0 Å². The molecule has 0 unspecified atom stereocenters. The maximum Gasteiger partial charge on any atom is 0.273 e. The van der Waals surface area contributed by atoms with Crippen LogP contribution in [0.25, 0.3) is 11.3 Å². The fourth-order valence-electron chi connectivity index (χ4n) is 3.62. The van der Waals surface area contributed by atoms with E-state index in [1.54, 1.807) is 24.0 Å². The van der Waals surface area contributed by atoms with Gasteiger partial charge in [0.25, 0.3) is 5.91 Å². The number of β-amino-alcohol motifs (C(OH)–C–C–N with tert-alkyl or cyclic N) is 1. The first kappa shape index (κ1) is 19.0. The molecule has 1 amide bonds. The second-order valence-corrected chi connectivity index (χ2v) is 7.98. The van der Waals surface area contributed by atoms with Gasteiger partial charge < -0.3 is 15.1 Å². The lowest BCUT2D eigenvalue weighted by Crippen LogP contribution is -2.32. The summed E-state index contributed by atoms with van der Waals surface area (Å²) in [5.74, 6) is -0.206. The number of aromatic hydroxyl groups is 1. The van der Waals surface area contributed by atoms with Gasteiger partial charge in [-0.25, -0.2) is 0 Å². The van der Waals surface area contributed by atoms with Crippen molar-refractivity contribution in [1.82, 2.24) is 15.1 Å². The summed E-state index contributed by atoms with van der Waals surface area (Å²) in [6, 6.07) is 10.4. The largest absolute Gasteiger partial charge is 0.507 e. The maximum atomic E-state index is 12.9. The number of aliphatic hydroxyl groups is 1. The molecule has 0 saturated heterocycles. The zero-order chi connectivity index (χ0) is 20.0. The van der Waals surface area contributed by atoms with Crippen molar-refractivity contribution in [3.8, 4) is 17.0 Å². The summed E-state index contributed by atoms with van der Waals surface area (Å²) in [5, 5.41) is 27.6. The van der Waals surface area contributed by atoms with Crippen LogP contribution in [0.5, 0.6) is 5.75 Å². The van der Waals surface area contributed by atoms with Crippen LogP contribution in [0.15, 0.2) is 40.9 Å². The highest BCUT2D eigenvalue weighted by atomic mass is 79.9. The lowest BCUT2D eigenvalue weighted by molar-refractivity contribution is 0.0706. The molecule has 1 aromatic heterocycles. The number of fused-ring (bicyclic) bond motifs is 1. The number of aryl methyl sites for hydroxylation is 1. The van der Waals surface area contributed by atoms with E-state index in [-0.39, 0.29) is 24.8 Å². The lowest BCUT2D eigenvalue weighted by Gasteiger charge is -2.25. The molecular weight excluding hydrogens is 446 g/mol. The summed E-state index contributed by atoms with van der Waals surface area (Å²) in [7, 11) is 0. The minimum absolute atomic E-state index is 0.0391. The third-order valence-electron chi connectivity index (χ3n) is 4.90. The van der Waals surface area contributed by atoms with Gasteiger partial charge in [-0.3, -0.25) is 9.89 Å². The van der Waals surface area contributed by atoms with Crippen LogP contribution in [0.2, 0.25) is 5.02 Å². The number of amides is 1. The fourth-order valence-corrected chi connectivity index (χ4v) is 4.20. The maximum absolute atomic E-state index is 12.9. The molecule has 0 fully saturated rings. The van der Waals surface area contributed by atoms with E-state index in [4.69, 9.17) is 11.6 Å². The molecule has 144 valence electrons. The fraction of sp³-hybridized carbons (Fsp3) is 0.200. The molecule has 0 radical (unpaired) electrons. The number of H-pyrrole nitrogens is 1. The highest BCUT2D eigenvalue weighted by Gasteiger charge is 2.42. The Bertz CT molecular complexity index is 1080. The van der Waals surface area contributed by atoms with Crippen molar-refractivity contribution in [2.75, 3.05) is 13.2 Å². The minimum Gasteiger partial charge on any atom is -0.507 e. The molecule has 1 aliphatic heterocycles. The van der Waals surface area contributed by atoms with Gasteiger partial charge >= 0.3 is 0 Å². The summed E-state index contributed by atoms with van der Waals surface area (Å²) in [5.41, 5.74) is 3.54. The number of aliphatic hydroxyl groups excluding tert-OH is 1. The third-order valence-corrected chi connectivity index (χ3v) is 5.80. The number of nitrogens with zero attached hydrogens (tertiary/aromatic N) is 2. The van der Waals surface area contributed by atoms with Gasteiger partial charge in [-0.15, -0.1) is 0 Å². The summed E-state index contributed by atoms with van der Waals surface area (Å²) in [6.07, 6.45) is 0. The molecule has 4 rings (SSSR count). The van der Waals surface area contributed by atoms with E-state index in [1.807, 2.05) is 24.3 Å². The number of hydrogen-bond donors (Lipinski definition) is 3. The van der Waals surface area contributed by atoms with Crippen LogP contribution in [0, 0.1) is 6.92 Å². The third kappa shape index (κ3) is 2.99. The second-order valence-electron chi connectivity index (χ2n) is 6.66. The standard InChI is InChI=1S/C20H17BrClN3O3/c1-10-7-15(27)13(9-14(10)22)17-16-18(24-23-17)20(28)25(5-6-26)19(16)11-3-2-4-12(21)8-11/h2-4,7-9,19,26-27H,5-6H2,1H3,(H,23,24)/t19-/m0/s1. The number of hydrogen-bond acceptors (Lipinski definition) is 4. The smallest absolute Gasteiger partial charge is 0.273 e. The molecule has 2 heterocycles. The average molecular weight is 463 g/mol. The molecule has 3 aromatic rings. The van der Waals surface area contributed by atoms with Crippen LogP contribution < -0.4 is 0 Å². The number of nitrogens with one attached hydrogen (secondary N) is 1. The minimum atomic E-state index is -0.444. The van der Waals surface area contributed by atoms with E-state index in [2.05, 4.69) is 26.1 Å². The molecule has 28 heavy (non-hydrogen) atoms. The van der Waals surface area contributed by atoms with Crippen molar-refractivity contribution in [2.45, 2.75) is 13.0 Å². The predicted octanol–water partition coefficient (Wildman–Crippen LogP) is 4.04. The number of phenols is 1. The summed E-state index contributed by atoms with van der Waals surface area (Å²) < 4.78 is 0.876. The predicted molar refractivity (Wildman–Crippen MR) is 110 cm³/mol. The molecule has 2 aromatic carbocycles. The van der Waals surface area contributed by atoms with E-state index in [0.29, 0.717) is 27.5 Å². The average Bonchev–Trinajstić information content (AvgIpc) is 3.18. The van der Waals surface area contributed by atoms with Gasteiger partial charge in [-0.05, 0) is 42.3 Å². The zero-order valence-electron chi connectivity index (χ0n) is 14.9. The van der Waals surface area contributed by atoms with Gasteiger partial charge in [0.1, 0.15) is 17.1 Å². The van der Waals surface area contributed by atoms with Crippen molar-refractivity contribution in [3.05, 3.63) is 68.3 Å². The summed E-state index contributed by atoms with van der Waals surface area (Å²) in [4.78, 5) is 14.5. The molecule has 6 nitrogen and oxygen atoms in total. The van der Waals surface area contributed by atoms with Gasteiger partial charge in [-0.2, -0.15) is 5.10 Å². The Morgan fingerprint density at radius 3 is 2.82 bits per heavy atom. The van der Waals surface area contributed by atoms with Crippen molar-refractivity contribution in [1.29, 1.82) is 0 Å². The van der Waals surface area contributed by atoms with Gasteiger partial charge in [0.05, 0.1) is 12.6 Å². The topological polar surface area (TPSA) is 89.5 Å². The Morgan fingerprint density at radius 1 is 1.32 bits per heavy atom. The van der Waals surface area contributed by atoms with Crippen LogP contribution in [0.3, 0.4) is 0 Å². The first-order chi connectivity index (χ1) is 13.4. The number of aromatic nitrogens is 2. The van der Waals surface area contributed by atoms with Crippen LogP contribution in [-0.4, -0.2) is 44.4 Å². The van der Waals surface area contributed by atoms with E-state index in [0.717, 1.165) is 15.6 Å². The Labute approximate surface area is 174 Å². The van der Waals surface area contributed by atoms with Crippen LogP contribution in [0.1, 0.15) is 33.2 Å². The molecule has 3 N–H and O–H groups in total. The molecule has 8 heteroatoms. The number of carbonyl (C=O) groups is 1. The number of phenolic OH excluding ortho intramolecular Hbond substituents is 1. The molecule has 0 aliphatic carbocycles. The highest BCUT2D eigenvalue weighted by molar-refractivity contribution is 9.10. The van der Waals surface area contributed by atoms with Gasteiger partial charge in [0.2, 0.25) is 0 Å². The number of aromatic amines is 1. The second kappa shape index (κ2) is 7.24. The molecule has 0 spiro atoms. The molecular formula is C20H17BrClN3O3. The Morgan fingerprint density at radius 2 is 2.11 bits per heavy atom. The van der Waals surface area contributed by atoms with Crippen LogP contribution >= 0.6 is 27.5 Å². The SMILES string of the molecule is Cc1cc(O)c(-c2n[nH]c3c2[C@H](c2cccc(Br)c2)N(CCO)C3=O)cc1Cl. The van der Waals surface area contributed by atoms with E-state index < -0.39 is 6.04 Å². The molecule has 0 bridgehead atoms. The van der Waals surface area contributed by atoms with Crippen molar-refractivity contribution in [3.63, 3.8) is 0 Å². The number of rotatable bonds is 4. The molecule has 0 saturated carbocycles. The summed E-state index contributed by atoms with van der Waals surface area (Å²) in [6.45, 7) is 1.82. The number of benzene rings is 2. The number of carbonyl (C=O) groups excluding carboxylic acids is 1. The van der Waals surface area contributed by atoms with E-state index in [9.17, 15) is 15.0 Å². The van der Waals surface area contributed by atoms with Gasteiger partial charge in [0, 0.05) is 27.2 Å². The van der Waals surface area contributed by atoms with Crippen molar-refractivity contribution < 1.29 is 15.0 Å². The Balaban J connectivity index is 1.94. The highest BCUT2D eigenvalue weighted by Crippen LogP contribution is 2.45. The normalized spacial score (nSPS) is 15.9.